The van der Waals surface area contributed by atoms with Crippen LogP contribution in [0.3, 0.4) is 0 Å². The van der Waals surface area contributed by atoms with E-state index in [0.717, 1.165) is 0 Å². The highest BCUT2D eigenvalue weighted by Gasteiger charge is 2.54. The molecule has 0 spiro atoms. The van der Waals surface area contributed by atoms with Gasteiger partial charge in [0.1, 0.15) is 6.69 Å². The van der Waals surface area contributed by atoms with E-state index in [1.165, 1.54) is 36.3 Å². The fourth-order valence-corrected chi connectivity index (χ4v) is 34.6. The summed E-state index contributed by atoms with van der Waals surface area (Å²) in [5.74, 6) is 0. The molecule has 0 bridgehead atoms. The summed E-state index contributed by atoms with van der Waals surface area (Å²) in [6.07, 6.45) is 2.63. The normalized spacial score (nSPS) is 41.0. The molecule has 0 nitrogen and oxygen atoms in total. The largest absolute Gasteiger partial charge is 0.168 e. The van der Waals surface area contributed by atoms with Crippen molar-refractivity contribution in [1.82, 2.24) is 0 Å². The Morgan fingerprint density at radius 3 is 2.08 bits per heavy atom. The maximum atomic E-state index is 6.57. The van der Waals surface area contributed by atoms with Gasteiger partial charge in [-0.1, -0.05) is 26.7 Å². The number of hydrogen-bond acceptors (Lipinski definition) is 0. The van der Waals surface area contributed by atoms with Crippen LogP contribution in [0.25, 0.3) is 0 Å². The van der Waals surface area contributed by atoms with Crippen LogP contribution in [0.2, 0.25) is 23.4 Å². The molecule has 12 heavy (non-hydrogen) atoms. The van der Waals surface area contributed by atoms with Gasteiger partial charge in [0.25, 0.3) is 0 Å². The topological polar surface area (TPSA) is 0 Å². The molecule has 0 atom stereocenters. The molecular weight excluding hydrogens is 268 g/mol. The van der Waals surface area contributed by atoms with Gasteiger partial charge < -0.3 is 0 Å². The van der Waals surface area contributed by atoms with E-state index in [1.54, 1.807) is 0 Å². The molecule has 0 radical (unpaired) electrons. The molecule has 0 aromatic carbocycles. The van der Waals surface area contributed by atoms with E-state index in [0.29, 0.717) is 0 Å². The second-order valence-electron chi connectivity index (χ2n) is 4.16. The lowest BCUT2D eigenvalue weighted by molar-refractivity contribution is 1.01. The van der Waals surface area contributed by atoms with Gasteiger partial charge in [-0.2, -0.15) is 11.1 Å². The van der Waals surface area contributed by atoms with Crippen LogP contribution in [-0.2, 0) is 0 Å². The Morgan fingerprint density at radius 1 is 1.17 bits per heavy atom. The summed E-state index contributed by atoms with van der Waals surface area (Å²) in [7, 11) is -1.18. The zero-order valence-corrected chi connectivity index (χ0v) is 12.3. The summed E-state index contributed by atoms with van der Waals surface area (Å²) in [4.78, 5) is 0. The molecule has 0 unspecified atom stereocenters. The summed E-state index contributed by atoms with van der Waals surface area (Å²) in [5, 5.41) is 0. The van der Waals surface area contributed by atoms with E-state index in [2.05, 4.69) is 29.1 Å². The van der Waals surface area contributed by atoms with Crippen molar-refractivity contribution in [2.75, 3.05) is 0 Å². The van der Waals surface area contributed by atoms with Gasteiger partial charge in [-0.25, -0.2) is 0 Å². The van der Waals surface area contributed by atoms with Gasteiger partial charge in [0.15, 0.2) is 7.38 Å². The highest BCUT2D eigenvalue weighted by atomic mass is 79.9. The van der Waals surface area contributed by atoms with Crippen LogP contribution >= 0.6 is 26.4 Å². The van der Waals surface area contributed by atoms with Crippen molar-refractivity contribution in [3.05, 3.63) is 0 Å². The van der Waals surface area contributed by atoms with E-state index in [1.807, 2.05) is 0 Å². The molecule has 4 heteroatoms. The first kappa shape index (κ1) is 11.3. The molecule has 72 valence electrons. The molecule has 0 aliphatic carbocycles. The second-order valence-corrected chi connectivity index (χ2v) is 20.0. The van der Waals surface area contributed by atoms with Gasteiger partial charge >= 0.3 is 0 Å². The van der Waals surface area contributed by atoms with Gasteiger partial charge in [-0.05, 0) is 23.4 Å². The van der Waals surface area contributed by atoms with Crippen molar-refractivity contribution in [3.8, 4) is 0 Å². The average Bonchev–Trinajstić information content (AvgIpc) is 1.84. The summed E-state index contributed by atoms with van der Waals surface area (Å²) in [6, 6.07) is 2.79. The standard InChI is InChI=1S/C8H18BrClSi2/c1-3-5-11(9)7-12(10,8-11)6-4-2/h3-8H2,1-2H3. The highest BCUT2D eigenvalue weighted by molar-refractivity contribution is 9.26. The Kier molecular flexibility index (Phi) is 3.90. The zero-order valence-electron chi connectivity index (χ0n) is 8.00. The van der Waals surface area contributed by atoms with Crippen LogP contribution in [0.5, 0.6) is 0 Å². The molecule has 0 saturated carbocycles. The lowest BCUT2D eigenvalue weighted by Gasteiger charge is -2.46. The number of hydrogen-bond donors (Lipinski definition) is 0. The summed E-state index contributed by atoms with van der Waals surface area (Å²) >= 11 is 10.5. The Morgan fingerprint density at radius 2 is 1.67 bits per heavy atom. The number of rotatable bonds is 4. The molecule has 1 saturated heterocycles. The predicted octanol–water partition coefficient (Wildman–Crippen LogP) is 4.42. The SMILES string of the molecule is CCC[Si]1(Cl)C[Si](Br)(CCC)C1. The third-order valence-electron chi connectivity index (χ3n) is 2.66. The van der Waals surface area contributed by atoms with E-state index in [-0.39, 0.29) is 0 Å². The van der Waals surface area contributed by atoms with E-state index in [4.69, 9.17) is 11.1 Å². The van der Waals surface area contributed by atoms with Crippen molar-refractivity contribution in [2.45, 2.75) is 50.1 Å². The molecule has 1 heterocycles. The molecular formula is C8H18BrClSi2. The zero-order chi connectivity index (χ0) is 9.24. The third-order valence-corrected chi connectivity index (χ3v) is 24.8. The van der Waals surface area contributed by atoms with Gasteiger partial charge in [-0.15, -0.1) is 15.3 Å². The second kappa shape index (κ2) is 4.15. The molecule has 0 amide bonds. The molecule has 0 aromatic heterocycles. The minimum atomic E-state index is -1.18. The highest BCUT2D eigenvalue weighted by Crippen LogP contribution is 2.51. The van der Waals surface area contributed by atoms with Crippen molar-refractivity contribution in [1.29, 1.82) is 0 Å². The van der Waals surface area contributed by atoms with Gasteiger partial charge in [0.05, 0.1) is 0 Å². The van der Waals surface area contributed by atoms with Gasteiger partial charge in [-0.3, -0.25) is 0 Å². The minimum Gasteiger partial charge on any atom is -0.168 e. The number of halogens is 2. The Bertz CT molecular complexity index is 141. The van der Waals surface area contributed by atoms with Crippen LogP contribution in [0.1, 0.15) is 26.7 Å². The Balaban J connectivity index is 2.34. The van der Waals surface area contributed by atoms with Crippen molar-refractivity contribution >= 4 is 40.4 Å². The van der Waals surface area contributed by atoms with Crippen LogP contribution < -0.4 is 0 Å². The summed E-state index contributed by atoms with van der Waals surface area (Å²) in [6.45, 7) is 3.61. The van der Waals surface area contributed by atoms with Crippen molar-refractivity contribution < 1.29 is 0 Å². The van der Waals surface area contributed by atoms with E-state index in [9.17, 15) is 0 Å². The third kappa shape index (κ3) is 2.59. The quantitative estimate of drug-likeness (QED) is 0.530. The Hall–Kier alpha value is 1.20. The monoisotopic (exact) mass is 284 g/mol. The minimum absolute atomic E-state index is 0.927. The summed E-state index contributed by atoms with van der Waals surface area (Å²) < 4.78 is 0. The van der Waals surface area contributed by atoms with Gasteiger partial charge in [0.2, 0.25) is 0 Å². The maximum absolute atomic E-state index is 6.57. The van der Waals surface area contributed by atoms with Crippen molar-refractivity contribution in [3.63, 3.8) is 0 Å². The van der Waals surface area contributed by atoms with E-state index >= 15 is 0 Å². The van der Waals surface area contributed by atoms with Crippen LogP contribution in [0.15, 0.2) is 0 Å². The fourth-order valence-electron chi connectivity index (χ4n) is 2.33. The first-order valence-corrected chi connectivity index (χ1v) is 13.4. The van der Waals surface area contributed by atoms with Crippen LogP contribution in [-0.4, -0.2) is 14.1 Å². The first-order valence-electron chi connectivity index (χ1n) is 4.91. The van der Waals surface area contributed by atoms with Crippen LogP contribution in [0.4, 0.5) is 0 Å². The maximum Gasteiger partial charge on any atom is 0.153 e. The molecule has 1 fully saturated rings. The Labute approximate surface area is 90.4 Å². The lowest BCUT2D eigenvalue weighted by Crippen LogP contribution is -2.55. The smallest absolute Gasteiger partial charge is 0.153 e. The molecule has 0 N–H and O–H groups in total. The first-order chi connectivity index (χ1) is 5.54. The molecule has 1 aliphatic rings. The average molecular weight is 286 g/mol. The lowest BCUT2D eigenvalue weighted by atomic mass is 10.6. The molecule has 1 aliphatic heterocycles. The summed E-state index contributed by atoms with van der Waals surface area (Å²) in [5.41, 5.74) is 2.87. The molecule has 0 aromatic rings. The van der Waals surface area contributed by atoms with Gasteiger partial charge in [0, 0.05) is 0 Å². The van der Waals surface area contributed by atoms with E-state index < -0.39 is 14.1 Å². The predicted molar refractivity (Wildman–Crippen MR) is 66.1 cm³/mol. The molecule has 1 rings (SSSR count). The van der Waals surface area contributed by atoms with Crippen molar-refractivity contribution in [2.24, 2.45) is 0 Å². The fraction of sp³-hybridized carbons (Fsp3) is 1.00. The van der Waals surface area contributed by atoms with Crippen LogP contribution in [0, 0.1) is 0 Å².